The Hall–Kier alpha value is -0.960. The molecule has 0 fully saturated rings. The van der Waals surface area contributed by atoms with E-state index in [-0.39, 0.29) is 0 Å². The summed E-state index contributed by atoms with van der Waals surface area (Å²) in [5.74, 6) is 0. The van der Waals surface area contributed by atoms with Gasteiger partial charge in [0.25, 0.3) is 0 Å². The smallest absolute Gasteiger partial charge is 0.110 e. The Labute approximate surface area is 65.3 Å². The van der Waals surface area contributed by atoms with Gasteiger partial charge in [0, 0.05) is 5.69 Å². The Bertz CT molecular complexity index is 237. The highest BCUT2D eigenvalue weighted by atomic mass is 19.1. The first-order valence-electron chi connectivity index (χ1n) is 3.49. The number of halogens is 1. The van der Waals surface area contributed by atoms with Gasteiger partial charge in [0.1, 0.15) is 6.67 Å². The molecular weight excluding hydrogens is 143 g/mol. The number of hydrogen-bond donors (Lipinski definition) is 1. The second kappa shape index (κ2) is 3.44. The Morgan fingerprint density at radius 3 is 2.91 bits per heavy atom. The molecule has 0 aliphatic heterocycles. The van der Waals surface area contributed by atoms with Gasteiger partial charge in [-0.2, -0.15) is 0 Å². The fraction of sp³-hybridized carbons (Fsp3) is 0.375. The fourth-order valence-electron chi connectivity index (χ4n) is 0.850. The molecule has 0 saturated carbocycles. The van der Waals surface area contributed by atoms with Crippen LogP contribution < -0.4 is 5.73 Å². The second-order valence-electron chi connectivity index (χ2n) is 2.46. The molecule has 1 aromatic heterocycles. The molecular formula is C8H11FN2. The summed E-state index contributed by atoms with van der Waals surface area (Å²) in [7, 11) is 0. The van der Waals surface area contributed by atoms with Crippen LogP contribution in [0.1, 0.15) is 17.4 Å². The van der Waals surface area contributed by atoms with Gasteiger partial charge in [-0.25, -0.2) is 4.39 Å². The van der Waals surface area contributed by atoms with Crippen molar-refractivity contribution in [2.75, 3.05) is 6.67 Å². The van der Waals surface area contributed by atoms with Gasteiger partial charge in [-0.3, -0.25) is 4.98 Å². The standard InChI is InChI=1S/C8H11FN2/c1-6-3-2-4-8(11-6)7(10)5-9/h2-4,7H,5,10H2,1H3/t7-/m1/s1. The van der Waals surface area contributed by atoms with Gasteiger partial charge in [0.05, 0.1) is 11.7 Å². The summed E-state index contributed by atoms with van der Waals surface area (Å²) in [6, 6.07) is 4.84. The Morgan fingerprint density at radius 2 is 2.36 bits per heavy atom. The van der Waals surface area contributed by atoms with Gasteiger partial charge in [-0.05, 0) is 19.1 Å². The lowest BCUT2D eigenvalue weighted by Crippen LogP contribution is -2.13. The van der Waals surface area contributed by atoms with Crippen molar-refractivity contribution in [1.29, 1.82) is 0 Å². The number of aromatic nitrogens is 1. The predicted molar refractivity (Wildman–Crippen MR) is 41.9 cm³/mol. The molecule has 11 heavy (non-hydrogen) atoms. The fourth-order valence-corrected chi connectivity index (χ4v) is 0.850. The van der Waals surface area contributed by atoms with Crippen LogP contribution in [-0.2, 0) is 0 Å². The minimum atomic E-state index is -0.574. The van der Waals surface area contributed by atoms with E-state index < -0.39 is 12.7 Å². The van der Waals surface area contributed by atoms with Crippen molar-refractivity contribution < 1.29 is 4.39 Å². The van der Waals surface area contributed by atoms with Gasteiger partial charge in [-0.15, -0.1) is 0 Å². The highest BCUT2D eigenvalue weighted by Crippen LogP contribution is 2.07. The van der Waals surface area contributed by atoms with Crippen LogP contribution in [0.25, 0.3) is 0 Å². The van der Waals surface area contributed by atoms with Crippen molar-refractivity contribution in [2.24, 2.45) is 5.73 Å². The Kier molecular flexibility index (Phi) is 2.54. The lowest BCUT2D eigenvalue weighted by molar-refractivity contribution is 0.432. The second-order valence-corrected chi connectivity index (χ2v) is 2.46. The lowest BCUT2D eigenvalue weighted by atomic mass is 10.2. The van der Waals surface area contributed by atoms with Crippen LogP contribution in [-0.4, -0.2) is 11.7 Å². The maximum Gasteiger partial charge on any atom is 0.110 e. The molecule has 2 N–H and O–H groups in total. The highest BCUT2D eigenvalue weighted by Gasteiger charge is 2.05. The van der Waals surface area contributed by atoms with E-state index in [2.05, 4.69) is 4.98 Å². The van der Waals surface area contributed by atoms with Crippen molar-refractivity contribution in [2.45, 2.75) is 13.0 Å². The number of hydrogen-bond acceptors (Lipinski definition) is 2. The van der Waals surface area contributed by atoms with E-state index >= 15 is 0 Å². The molecule has 0 saturated heterocycles. The van der Waals surface area contributed by atoms with Gasteiger partial charge < -0.3 is 5.73 Å². The first-order valence-corrected chi connectivity index (χ1v) is 3.49. The molecule has 0 radical (unpaired) electrons. The minimum absolute atomic E-state index is 0.559. The third-order valence-corrected chi connectivity index (χ3v) is 1.46. The van der Waals surface area contributed by atoms with E-state index in [1.54, 1.807) is 6.07 Å². The van der Waals surface area contributed by atoms with E-state index in [1.807, 2.05) is 19.1 Å². The molecule has 2 nitrogen and oxygen atoms in total. The number of aryl methyl sites for hydroxylation is 1. The zero-order chi connectivity index (χ0) is 8.27. The van der Waals surface area contributed by atoms with Crippen LogP contribution >= 0.6 is 0 Å². The first kappa shape index (κ1) is 8.14. The molecule has 0 aliphatic carbocycles. The first-order chi connectivity index (χ1) is 5.24. The van der Waals surface area contributed by atoms with Gasteiger partial charge in [0.2, 0.25) is 0 Å². The maximum absolute atomic E-state index is 12.0. The molecule has 0 aliphatic rings. The molecule has 60 valence electrons. The summed E-state index contributed by atoms with van der Waals surface area (Å²) in [6.45, 7) is 1.30. The maximum atomic E-state index is 12.0. The summed E-state index contributed by atoms with van der Waals surface area (Å²) in [6.07, 6.45) is 0. The topological polar surface area (TPSA) is 38.9 Å². The highest BCUT2D eigenvalue weighted by molar-refractivity contribution is 5.12. The van der Waals surface area contributed by atoms with Crippen LogP contribution in [0.15, 0.2) is 18.2 Å². The van der Waals surface area contributed by atoms with Crippen LogP contribution in [0.4, 0.5) is 4.39 Å². The number of alkyl halides is 1. The van der Waals surface area contributed by atoms with E-state index in [1.165, 1.54) is 0 Å². The van der Waals surface area contributed by atoms with Gasteiger partial charge >= 0.3 is 0 Å². The van der Waals surface area contributed by atoms with Crippen molar-refractivity contribution >= 4 is 0 Å². The third kappa shape index (κ3) is 1.98. The Morgan fingerprint density at radius 1 is 1.64 bits per heavy atom. The summed E-state index contributed by atoms with van der Waals surface area (Å²) < 4.78 is 12.0. The van der Waals surface area contributed by atoms with Crippen LogP contribution in [0.5, 0.6) is 0 Å². The average molecular weight is 154 g/mol. The zero-order valence-electron chi connectivity index (χ0n) is 6.42. The normalized spacial score (nSPS) is 13.0. The number of rotatable bonds is 2. The molecule has 1 heterocycles. The molecule has 0 aromatic carbocycles. The average Bonchev–Trinajstić information content (AvgIpc) is 2.03. The van der Waals surface area contributed by atoms with E-state index in [0.717, 1.165) is 5.69 Å². The quantitative estimate of drug-likeness (QED) is 0.698. The Balaban J connectivity index is 2.86. The minimum Gasteiger partial charge on any atom is -0.321 e. The van der Waals surface area contributed by atoms with Crippen molar-refractivity contribution in [3.8, 4) is 0 Å². The van der Waals surface area contributed by atoms with Gasteiger partial charge in [-0.1, -0.05) is 6.07 Å². The van der Waals surface area contributed by atoms with Crippen LogP contribution in [0, 0.1) is 6.92 Å². The van der Waals surface area contributed by atoms with Crippen molar-refractivity contribution in [3.05, 3.63) is 29.6 Å². The van der Waals surface area contributed by atoms with Crippen molar-refractivity contribution in [3.63, 3.8) is 0 Å². The lowest BCUT2D eigenvalue weighted by Gasteiger charge is -2.05. The molecule has 0 spiro atoms. The predicted octanol–water partition coefficient (Wildman–Crippen LogP) is 1.36. The summed E-state index contributed by atoms with van der Waals surface area (Å²) >= 11 is 0. The monoisotopic (exact) mass is 154 g/mol. The summed E-state index contributed by atoms with van der Waals surface area (Å²) in [4.78, 5) is 4.08. The molecule has 1 aromatic rings. The SMILES string of the molecule is Cc1cccc([C@H](N)CF)n1. The molecule has 0 bridgehead atoms. The molecule has 0 amide bonds. The van der Waals surface area contributed by atoms with E-state index in [4.69, 9.17) is 5.73 Å². The van der Waals surface area contributed by atoms with Gasteiger partial charge in [0.15, 0.2) is 0 Å². The number of pyridine rings is 1. The molecule has 1 rings (SSSR count). The molecule has 1 atom stereocenters. The largest absolute Gasteiger partial charge is 0.321 e. The van der Waals surface area contributed by atoms with E-state index in [0.29, 0.717) is 5.69 Å². The van der Waals surface area contributed by atoms with Crippen molar-refractivity contribution in [1.82, 2.24) is 4.98 Å². The molecule has 0 unspecified atom stereocenters. The van der Waals surface area contributed by atoms with E-state index in [9.17, 15) is 4.39 Å². The third-order valence-electron chi connectivity index (χ3n) is 1.46. The molecule has 3 heteroatoms. The summed E-state index contributed by atoms with van der Waals surface area (Å²) in [5.41, 5.74) is 6.91. The number of nitrogens with two attached hydrogens (primary N) is 1. The number of nitrogens with zero attached hydrogens (tertiary/aromatic N) is 1. The zero-order valence-corrected chi connectivity index (χ0v) is 6.42. The summed E-state index contributed by atoms with van der Waals surface area (Å²) in [5, 5.41) is 0. The van der Waals surface area contributed by atoms with Crippen LogP contribution in [0.3, 0.4) is 0 Å². The van der Waals surface area contributed by atoms with Crippen LogP contribution in [0.2, 0.25) is 0 Å².